The van der Waals surface area contributed by atoms with Crippen LogP contribution in [0.1, 0.15) is 31.4 Å². The van der Waals surface area contributed by atoms with E-state index in [-0.39, 0.29) is 30.0 Å². The largest absolute Gasteiger partial charge is 0.343 e. The predicted octanol–water partition coefficient (Wildman–Crippen LogP) is 3.64. The van der Waals surface area contributed by atoms with Gasteiger partial charge in [0.2, 0.25) is 5.91 Å². The number of amides is 1. The molecule has 3 rings (SSSR count). The Morgan fingerprint density at radius 3 is 2.65 bits per heavy atom. The summed E-state index contributed by atoms with van der Waals surface area (Å²) in [5.74, 6) is 0.0540. The van der Waals surface area contributed by atoms with Crippen molar-refractivity contribution < 1.29 is 13.2 Å². The van der Waals surface area contributed by atoms with Crippen LogP contribution >= 0.6 is 11.8 Å². The molecular weight excluding hydrogens is 430 g/mol. The lowest BCUT2D eigenvalue weighted by Gasteiger charge is -2.30. The van der Waals surface area contributed by atoms with Crippen LogP contribution in [0.25, 0.3) is 0 Å². The van der Waals surface area contributed by atoms with Gasteiger partial charge in [-0.25, -0.2) is 8.42 Å². The number of nitrogens with one attached hydrogen (secondary N) is 1. The number of carbonyl (C=O) groups excluding carboxylic acids is 1. The van der Waals surface area contributed by atoms with Crippen molar-refractivity contribution in [3.63, 3.8) is 0 Å². The van der Waals surface area contributed by atoms with E-state index in [0.717, 1.165) is 35.6 Å². The topological polar surface area (TPSA) is 99.9 Å². The second-order valence-corrected chi connectivity index (χ2v) is 10.9. The van der Waals surface area contributed by atoms with E-state index >= 15 is 0 Å². The van der Waals surface area contributed by atoms with Crippen molar-refractivity contribution in [3.8, 4) is 6.07 Å². The fraction of sp³-hybridized carbons (Fsp3) is 0.435. The average Bonchev–Trinajstić information content (AvgIpc) is 2.78. The lowest BCUT2D eigenvalue weighted by Crippen LogP contribution is -2.39. The number of hydrogen-bond donors (Lipinski definition) is 1. The molecular formula is C23H27N3O3S2. The van der Waals surface area contributed by atoms with Crippen molar-refractivity contribution in [1.82, 2.24) is 10.3 Å². The summed E-state index contributed by atoms with van der Waals surface area (Å²) in [5, 5.41) is 11.3. The zero-order chi connectivity index (χ0) is 22.1. The quantitative estimate of drug-likeness (QED) is 0.456. The maximum atomic E-state index is 13.0. The first kappa shape index (κ1) is 23.3. The Bertz CT molecular complexity index is 1000. The zero-order valence-corrected chi connectivity index (χ0v) is 19.0. The first-order valence-electron chi connectivity index (χ1n) is 10.5. The molecule has 164 valence electrons. The first-order valence-corrected chi connectivity index (χ1v) is 13.1. The smallest absolute Gasteiger partial charge is 0.224 e. The Morgan fingerprint density at radius 2 is 1.94 bits per heavy atom. The number of hydrogen-bond acceptors (Lipinski definition) is 6. The molecule has 6 nitrogen and oxygen atoms in total. The highest BCUT2D eigenvalue weighted by molar-refractivity contribution is 7.99. The number of rotatable bonds is 9. The Balaban J connectivity index is 1.59. The van der Waals surface area contributed by atoms with Crippen molar-refractivity contribution >= 4 is 27.5 Å². The van der Waals surface area contributed by atoms with Gasteiger partial charge in [-0.05, 0) is 61.6 Å². The van der Waals surface area contributed by atoms with Crippen molar-refractivity contribution in [1.29, 1.82) is 5.26 Å². The highest BCUT2D eigenvalue weighted by Crippen LogP contribution is 2.33. The normalized spacial score (nSPS) is 18.8. The standard InChI is InChI=1S/C23H27N3O3S2/c24-13-15-26-23(27)22-7-2-1-5-18(22)17-31(28,29)21-10-8-20(9-11-21)30-16-12-19-6-3-4-14-25-19/h3-4,6,8-11,14,18,22H,1-2,5,7,12,15-17H2,(H,26,27). The van der Waals surface area contributed by atoms with Gasteiger partial charge in [0, 0.05) is 28.5 Å². The molecule has 1 aromatic heterocycles. The molecule has 1 amide bonds. The molecule has 1 fully saturated rings. The van der Waals surface area contributed by atoms with Crippen LogP contribution in [0.4, 0.5) is 0 Å². The number of sulfone groups is 1. The molecule has 31 heavy (non-hydrogen) atoms. The van der Waals surface area contributed by atoms with Gasteiger partial charge in [-0.15, -0.1) is 11.8 Å². The zero-order valence-electron chi connectivity index (χ0n) is 17.4. The Kier molecular flexibility index (Phi) is 8.50. The highest BCUT2D eigenvalue weighted by atomic mass is 32.2. The van der Waals surface area contributed by atoms with Crippen LogP contribution in [-0.2, 0) is 21.1 Å². The van der Waals surface area contributed by atoms with Crippen LogP contribution in [0.3, 0.4) is 0 Å². The van der Waals surface area contributed by atoms with Crippen molar-refractivity contribution in [2.24, 2.45) is 11.8 Å². The van der Waals surface area contributed by atoms with E-state index in [2.05, 4.69) is 10.3 Å². The molecule has 1 aliphatic carbocycles. The van der Waals surface area contributed by atoms with Crippen molar-refractivity contribution in [2.75, 3.05) is 18.1 Å². The Hall–Kier alpha value is -2.37. The van der Waals surface area contributed by atoms with Gasteiger partial charge in [-0.3, -0.25) is 9.78 Å². The lowest BCUT2D eigenvalue weighted by molar-refractivity contribution is -0.127. The summed E-state index contributed by atoms with van der Waals surface area (Å²) < 4.78 is 26.0. The minimum Gasteiger partial charge on any atom is -0.343 e. The number of benzene rings is 1. The first-order chi connectivity index (χ1) is 15.0. The number of nitriles is 1. The van der Waals surface area contributed by atoms with E-state index in [1.807, 2.05) is 36.4 Å². The fourth-order valence-corrected chi connectivity index (χ4v) is 6.53. The predicted molar refractivity (Wildman–Crippen MR) is 121 cm³/mol. The second-order valence-electron chi connectivity index (χ2n) is 7.70. The maximum Gasteiger partial charge on any atom is 0.224 e. The number of carbonyl (C=O) groups is 1. The molecule has 0 aliphatic heterocycles. The summed E-state index contributed by atoms with van der Waals surface area (Å²) in [4.78, 5) is 18.0. The molecule has 2 unspecified atom stereocenters. The van der Waals surface area contributed by atoms with Crippen molar-refractivity contribution in [2.45, 2.75) is 41.9 Å². The minimum atomic E-state index is -3.49. The highest BCUT2D eigenvalue weighted by Gasteiger charge is 2.34. The fourth-order valence-electron chi connectivity index (χ4n) is 3.95. The third-order valence-electron chi connectivity index (χ3n) is 5.56. The summed E-state index contributed by atoms with van der Waals surface area (Å²) >= 11 is 1.67. The average molecular weight is 458 g/mol. The maximum absolute atomic E-state index is 13.0. The number of thioether (sulfide) groups is 1. The number of aromatic nitrogens is 1. The number of nitrogens with zero attached hydrogens (tertiary/aromatic N) is 2. The minimum absolute atomic E-state index is 0.0379. The molecule has 2 aromatic rings. The molecule has 0 spiro atoms. The Morgan fingerprint density at radius 1 is 1.16 bits per heavy atom. The molecule has 0 radical (unpaired) electrons. The van der Waals surface area contributed by atoms with Crippen LogP contribution in [0, 0.1) is 23.2 Å². The van der Waals surface area contributed by atoms with Gasteiger partial charge in [0.1, 0.15) is 6.54 Å². The van der Waals surface area contributed by atoms with E-state index in [1.165, 1.54) is 0 Å². The molecule has 0 saturated heterocycles. The Labute approximate surface area is 188 Å². The van der Waals surface area contributed by atoms with Gasteiger partial charge in [-0.1, -0.05) is 18.9 Å². The second kappa shape index (κ2) is 11.3. The molecule has 1 aromatic carbocycles. The molecule has 2 atom stereocenters. The monoisotopic (exact) mass is 457 g/mol. The van der Waals surface area contributed by atoms with E-state index in [9.17, 15) is 13.2 Å². The van der Waals surface area contributed by atoms with E-state index in [1.54, 1.807) is 30.1 Å². The third kappa shape index (κ3) is 6.81. The van der Waals surface area contributed by atoms with Crippen LogP contribution in [0.15, 0.2) is 58.5 Å². The summed E-state index contributed by atoms with van der Waals surface area (Å²) in [6, 6.07) is 14.8. The molecule has 8 heteroatoms. The van der Waals surface area contributed by atoms with Crippen LogP contribution in [-0.4, -0.2) is 37.4 Å². The van der Waals surface area contributed by atoms with Gasteiger partial charge < -0.3 is 5.32 Å². The summed E-state index contributed by atoms with van der Waals surface area (Å²) in [6.45, 7) is -0.0474. The summed E-state index contributed by atoms with van der Waals surface area (Å²) in [7, 11) is -3.49. The van der Waals surface area contributed by atoms with Gasteiger partial charge >= 0.3 is 0 Å². The molecule has 1 heterocycles. The van der Waals surface area contributed by atoms with Crippen LogP contribution < -0.4 is 5.32 Å². The van der Waals surface area contributed by atoms with E-state index in [0.29, 0.717) is 17.7 Å². The van der Waals surface area contributed by atoms with Gasteiger partial charge in [0.15, 0.2) is 9.84 Å². The van der Waals surface area contributed by atoms with Gasteiger partial charge in [0.25, 0.3) is 0 Å². The molecule has 1 N–H and O–H groups in total. The summed E-state index contributed by atoms with van der Waals surface area (Å²) in [5.41, 5.74) is 1.04. The van der Waals surface area contributed by atoms with E-state index in [4.69, 9.17) is 5.26 Å². The number of aryl methyl sites for hydroxylation is 1. The SMILES string of the molecule is N#CCNC(=O)C1CCCCC1CS(=O)(=O)c1ccc(SCCc2ccccn2)cc1. The van der Waals surface area contributed by atoms with Gasteiger partial charge in [-0.2, -0.15) is 5.26 Å². The molecule has 0 bridgehead atoms. The van der Waals surface area contributed by atoms with Gasteiger partial charge in [0.05, 0.1) is 16.7 Å². The van der Waals surface area contributed by atoms with Crippen LogP contribution in [0.2, 0.25) is 0 Å². The summed E-state index contributed by atoms with van der Waals surface area (Å²) in [6.07, 6.45) is 5.85. The van der Waals surface area contributed by atoms with Crippen LogP contribution in [0.5, 0.6) is 0 Å². The van der Waals surface area contributed by atoms with Crippen molar-refractivity contribution in [3.05, 3.63) is 54.4 Å². The van der Waals surface area contributed by atoms with E-state index < -0.39 is 9.84 Å². The third-order valence-corrected chi connectivity index (χ3v) is 8.43. The lowest BCUT2D eigenvalue weighted by atomic mass is 9.80. The molecule has 1 saturated carbocycles. The molecule has 1 aliphatic rings. The number of pyridine rings is 1.